The summed E-state index contributed by atoms with van der Waals surface area (Å²) < 4.78 is 10.5. The Bertz CT molecular complexity index is 453. The molecule has 1 amide bonds. The number of amides is 1. The molecule has 0 fully saturated rings. The van der Waals surface area contributed by atoms with Crippen molar-refractivity contribution in [1.82, 2.24) is 0 Å². The molecule has 0 aliphatic rings. The van der Waals surface area contributed by atoms with Crippen molar-refractivity contribution in [2.45, 2.75) is 27.2 Å². The van der Waals surface area contributed by atoms with Crippen molar-refractivity contribution < 1.29 is 14.3 Å². The fraction of sp³-hybridized carbons (Fsp3) is 0.533. The first-order chi connectivity index (χ1) is 9.31. The molecule has 0 bridgehead atoms. The smallest absolute Gasteiger partial charge is 0.250 e. The van der Waals surface area contributed by atoms with Gasteiger partial charge in [0.1, 0.15) is 12.4 Å². The molecule has 0 atom stereocenters. The fourth-order valence-electron chi connectivity index (χ4n) is 1.55. The van der Waals surface area contributed by atoms with E-state index in [1.807, 2.05) is 0 Å². The van der Waals surface area contributed by atoms with E-state index in [1.165, 1.54) is 0 Å². The monoisotopic (exact) mass is 280 g/mol. The number of rotatable bonds is 6. The Morgan fingerprint density at radius 3 is 2.65 bits per heavy atom. The molecule has 5 heteroatoms. The molecule has 0 spiro atoms. The molecule has 20 heavy (non-hydrogen) atoms. The minimum atomic E-state index is -0.220. The van der Waals surface area contributed by atoms with E-state index in [9.17, 15) is 4.79 Å². The number of hydrogen-bond donors (Lipinski definition) is 2. The maximum atomic E-state index is 11.8. The van der Waals surface area contributed by atoms with Crippen LogP contribution in [0.5, 0.6) is 5.75 Å². The average Bonchev–Trinajstić information content (AvgIpc) is 2.34. The van der Waals surface area contributed by atoms with Gasteiger partial charge in [0.2, 0.25) is 5.91 Å². The summed E-state index contributed by atoms with van der Waals surface area (Å²) in [5.41, 5.74) is 7.01. The van der Waals surface area contributed by atoms with E-state index < -0.39 is 0 Å². The van der Waals surface area contributed by atoms with Gasteiger partial charge in [-0.25, -0.2) is 0 Å². The highest BCUT2D eigenvalue weighted by atomic mass is 16.5. The zero-order chi connectivity index (χ0) is 15.2. The Balaban J connectivity index is 2.44. The van der Waals surface area contributed by atoms with Gasteiger partial charge in [0.25, 0.3) is 0 Å². The Hall–Kier alpha value is -1.75. The van der Waals surface area contributed by atoms with Gasteiger partial charge in [-0.2, -0.15) is 0 Å². The summed E-state index contributed by atoms with van der Waals surface area (Å²) in [6.07, 6.45) is 0.905. The van der Waals surface area contributed by atoms with Gasteiger partial charge in [-0.15, -0.1) is 0 Å². The number of nitrogens with one attached hydrogen (secondary N) is 1. The number of nitrogens with two attached hydrogens (primary N) is 1. The largest absolute Gasteiger partial charge is 0.495 e. The molecule has 1 rings (SSSR count). The molecule has 0 saturated heterocycles. The van der Waals surface area contributed by atoms with Crippen molar-refractivity contribution >= 4 is 17.3 Å². The maximum Gasteiger partial charge on any atom is 0.250 e. The second kappa shape index (κ2) is 7.14. The third-order valence-corrected chi connectivity index (χ3v) is 2.73. The first-order valence-electron chi connectivity index (χ1n) is 6.63. The van der Waals surface area contributed by atoms with Gasteiger partial charge in [-0.05, 0) is 30.0 Å². The van der Waals surface area contributed by atoms with Gasteiger partial charge in [0.15, 0.2) is 0 Å². The number of ether oxygens (including phenoxy) is 2. The van der Waals surface area contributed by atoms with Crippen LogP contribution in [-0.4, -0.2) is 26.2 Å². The Kier molecular flexibility index (Phi) is 5.82. The van der Waals surface area contributed by atoms with Crippen LogP contribution in [0, 0.1) is 5.41 Å². The molecule has 5 nitrogen and oxygen atoms in total. The molecule has 0 aliphatic heterocycles. The number of benzene rings is 1. The molecule has 112 valence electrons. The first kappa shape index (κ1) is 16.3. The van der Waals surface area contributed by atoms with Crippen LogP contribution in [0.25, 0.3) is 0 Å². The highest BCUT2D eigenvalue weighted by molar-refractivity contribution is 5.93. The predicted octanol–water partition coefficient (Wildman–Crippen LogP) is 2.67. The van der Waals surface area contributed by atoms with Crippen LogP contribution >= 0.6 is 0 Å². The molecule has 0 heterocycles. The van der Waals surface area contributed by atoms with Crippen LogP contribution in [-0.2, 0) is 9.53 Å². The van der Waals surface area contributed by atoms with Crippen molar-refractivity contribution in [2.24, 2.45) is 5.41 Å². The minimum Gasteiger partial charge on any atom is -0.495 e. The van der Waals surface area contributed by atoms with Crippen LogP contribution < -0.4 is 15.8 Å². The minimum absolute atomic E-state index is 0.0219. The second-order valence-electron chi connectivity index (χ2n) is 5.87. The Labute approximate surface area is 120 Å². The van der Waals surface area contributed by atoms with Crippen molar-refractivity contribution in [1.29, 1.82) is 0 Å². The summed E-state index contributed by atoms with van der Waals surface area (Å²) in [4.78, 5) is 11.8. The van der Waals surface area contributed by atoms with E-state index in [4.69, 9.17) is 15.2 Å². The van der Waals surface area contributed by atoms with E-state index in [-0.39, 0.29) is 17.9 Å². The predicted molar refractivity (Wildman–Crippen MR) is 80.9 cm³/mol. The van der Waals surface area contributed by atoms with Crippen LogP contribution in [0.15, 0.2) is 18.2 Å². The number of nitrogen functional groups attached to an aromatic ring is 1. The van der Waals surface area contributed by atoms with Crippen molar-refractivity contribution in [3.8, 4) is 5.75 Å². The number of carbonyl (C=O) groups excluding carboxylic acids is 1. The summed E-state index contributed by atoms with van der Waals surface area (Å²) in [5, 5.41) is 2.73. The van der Waals surface area contributed by atoms with Crippen LogP contribution in [0.3, 0.4) is 0 Å². The lowest BCUT2D eigenvalue weighted by molar-refractivity contribution is -0.120. The first-order valence-corrected chi connectivity index (χ1v) is 6.63. The SMILES string of the molecule is COc1ccc(N)cc1NC(=O)COCCC(C)(C)C. The van der Waals surface area contributed by atoms with E-state index >= 15 is 0 Å². The summed E-state index contributed by atoms with van der Waals surface area (Å²) in [6, 6.07) is 5.09. The molecule has 3 N–H and O–H groups in total. The van der Waals surface area contributed by atoms with E-state index in [0.717, 1.165) is 6.42 Å². The fourth-order valence-corrected chi connectivity index (χ4v) is 1.55. The summed E-state index contributed by atoms with van der Waals surface area (Å²) >= 11 is 0. The number of methoxy groups -OCH3 is 1. The summed E-state index contributed by atoms with van der Waals surface area (Å²) in [5.74, 6) is 0.352. The number of anilines is 2. The average molecular weight is 280 g/mol. The third-order valence-electron chi connectivity index (χ3n) is 2.73. The van der Waals surface area contributed by atoms with E-state index in [1.54, 1.807) is 25.3 Å². The summed E-state index contributed by atoms with van der Waals surface area (Å²) in [7, 11) is 1.54. The highest BCUT2D eigenvalue weighted by Crippen LogP contribution is 2.26. The van der Waals surface area contributed by atoms with Crippen LogP contribution in [0.4, 0.5) is 11.4 Å². The lowest BCUT2D eigenvalue weighted by Gasteiger charge is -2.17. The van der Waals surface area contributed by atoms with Gasteiger partial charge in [0, 0.05) is 12.3 Å². The molecule has 0 aromatic heterocycles. The maximum absolute atomic E-state index is 11.8. The molecular weight excluding hydrogens is 256 g/mol. The van der Waals surface area contributed by atoms with Gasteiger partial charge >= 0.3 is 0 Å². The summed E-state index contributed by atoms with van der Waals surface area (Å²) in [6.45, 7) is 6.98. The molecule has 1 aromatic carbocycles. The van der Waals surface area contributed by atoms with Gasteiger partial charge in [-0.1, -0.05) is 20.8 Å². The quantitative estimate of drug-likeness (QED) is 0.620. The molecule has 1 aromatic rings. The van der Waals surface area contributed by atoms with Gasteiger partial charge in [0.05, 0.1) is 12.8 Å². The normalized spacial score (nSPS) is 11.2. The van der Waals surface area contributed by atoms with E-state index in [0.29, 0.717) is 23.7 Å². The zero-order valence-electron chi connectivity index (χ0n) is 12.7. The lowest BCUT2D eigenvalue weighted by Crippen LogP contribution is -2.20. The third kappa shape index (κ3) is 5.93. The molecule has 0 unspecified atom stereocenters. The number of hydrogen-bond acceptors (Lipinski definition) is 4. The number of carbonyl (C=O) groups is 1. The Morgan fingerprint density at radius 1 is 1.35 bits per heavy atom. The van der Waals surface area contributed by atoms with Crippen molar-refractivity contribution in [2.75, 3.05) is 31.4 Å². The van der Waals surface area contributed by atoms with Crippen molar-refractivity contribution in [3.63, 3.8) is 0 Å². The molecule has 0 radical (unpaired) electrons. The highest BCUT2D eigenvalue weighted by Gasteiger charge is 2.11. The van der Waals surface area contributed by atoms with Gasteiger partial charge < -0.3 is 20.5 Å². The zero-order valence-corrected chi connectivity index (χ0v) is 12.7. The van der Waals surface area contributed by atoms with Crippen LogP contribution in [0.2, 0.25) is 0 Å². The molecule has 0 saturated carbocycles. The van der Waals surface area contributed by atoms with Gasteiger partial charge in [-0.3, -0.25) is 4.79 Å². The second-order valence-corrected chi connectivity index (χ2v) is 5.87. The lowest BCUT2D eigenvalue weighted by atomic mass is 9.93. The topological polar surface area (TPSA) is 73.6 Å². The standard InChI is InChI=1S/C15H24N2O3/c1-15(2,3)7-8-20-10-14(18)17-12-9-11(16)5-6-13(12)19-4/h5-6,9H,7-8,10,16H2,1-4H3,(H,17,18). The van der Waals surface area contributed by atoms with E-state index in [2.05, 4.69) is 26.1 Å². The molecule has 0 aliphatic carbocycles. The molecular formula is C15H24N2O3. The van der Waals surface area contributed by atoms with Crippen LogP contribution in [0.1, 0.15) is 27.2 Å². The Morgan fingerprint density at radius 2 is 2.05 bits per heavy atom. The van der Waals surface area contributed by atoms with Crippen molar-refractivity contribution in [3.05, 3.63) is 18.2 Å².